The number of rotatable bonds is 14. The first-order chi connectivity index (χ1) is 28.0. The fourth-order valence-corrected chi connectivity index (χ4v) is 13.6. The summed E-state index contributed by atoms with van der Waals surface area (Å²) in [4.78, 5) is 46.5. The van der Waals surface area contributed by atoms with E-state index in [1.54, 1.807) is 24.0 Å². The number of hydrogen-bond acceptors (Lipinski definition) is 8. The maximum absolute atomic E-state index is 15.4. The van der Waals surface area contributed by atoms with E-state index in [4.69, 9.17) is 14.2 Å². The van der Waals surface area contributed by atoms with Gasteiger partial charge in [-0.05, 0) is 78.5 Å². The molecule has 0 aromatic heterocycles. The first kappa shape index (κ1) is 41.2. The number of amides is 3. The Bertz CT molecular complexity index is 2090. The zero-order valence-corrected chi connectivity index (χ0v) is 35.2. The van der Waals surface area contributed by atoms with Crippen molar-refractivity contribution in [3.05, 3.63) is 114 Å². The maximum Gasteiger partial charge on any atom is 0.264 e. The largest absolute Gasteiger partial charge is 0.497 e. The van der Waals surface area contributed by atoms with Gasteiger partial charge < -0.3 is 39.8 Å². The monoisotopic (exact) mass is 804 g/mol. The van der Waals surface area contributed by atoms with Crippen molar-refractivity contribution < 1.29 is 33.7 Å². The van der Waals surface area contributed by atoms with Crippen LogP contribution in [0.25, 0.3) is 0 Å². The number of carbonyl (C=O) groups excluding carboxylic acids is 3. The quantitative estimate of drug-likeness (QED) is 0.136. The number of nitrogens with zero attached hydrogens (tertiary/aromatic N) is 2. The van der Waals surface area contributed by atoms with Crippen molar-refractivity contribution >= 4 is 42.4 Å². The molecule has 12 heteroatoms. The van der Waals surface area contributed by atoms with Crippen LogP contribution in [0.5, 0.6) is 11.5 Å². The van der Waals surface area contributed by atoms with Crippen LogP contribution in [0.3, 0.4) is 0 Å². The summed E-state index contributed by atoms with van der Waals surface area (Å²) in [5.41, 5.74) is 2.36. The summed E-state index contributed by atoms with van der Waals surface area (Å²) in [7, 11) is 0.706. The predicted octanol–water partition coefficient (Wildman–Crippen LogP) is 5.82. The van der Waals surface area contributed by atoms with Crippen LogP contribution in [0.2, 0.25) is 18.6 Å². The smallest absolute Gasteiger partial charge is 0.264 e. The Hall–Kier alpha value is -5.01. The van der Waals surface area contributed by atoms with Crippen LogP contribution in [0, 0.1) is 11.8 Å². The zero-order chi connectivity index (χ0) is 41.0. The van der Waals surface area contributed by atoms with Crippen molar-refractivity contribution in [3.63, 3.8) is 0 Å². The fraction of sp³-hybridized carbons (Fsp3) is 0.413. The van der Waals surface area contributed by atoms with Gasteiger partial charge in [0.15, 0.2) is 5.60 Å². The number of nitrogens with one attached hydrogen (secondary N) is 2. The van der Waals surface area contributed by atoms with Crippen molar-refractivity contribution in [1.29, 1.82) is 0 Å². The second-order valence-corrected chi connectivity index (χ2v) is 21.1. The van der Waals surface area contributed by atoms with Crippen LogP contribution in [-0.4, -0.2) is 82.4 Å². The number of carbonyl (C=O) groups is 3. The van der Waals surface area contributed by atoms with E-state index in [0.29, 0.717) is 24.5 Å². The molecule has 4 aromatic carbocycles. The summed E-state index contributed by atoms with van der Waals surface area (Å²) in [6.45, 7) is 8.86. The van der Waals surface area contributed by atoms with Crippen LogP contribution in [0.1, 0.15) is 42.9 Å². The maximum atomic E-state index is 15.4. The highest BCUT2D eigenvalue weighted by Gasteiger charge is 2.66. The van der Waals surface area contributed by atoms with Gasteiger partial charge in [0.25, 0.3) is 5.91 Å². The van der Waals surface area contributed by atoms with Crippen LogP contribution < -0.4 is 30.2 Å². The predicted molar refractivity (Wildman–Crippen MR) is 228 cm³/mol. The highest BCUT2D eigenvalue weighted by Crippen LogP contribution is 2.60. The average Bonchev–Trinajstić information content (AvgIpc) is 3.66. The van der Waals surface area contributed by atoms with E-state index < -0.39 is 19.8 Å². The number of benzene rings is 4. The third kappa shape index (κ3) is 8.03. The summed E-state index contributed by atoms with van der Waals surface area (Å²) < 4.78 is 18.5. The molecule has 3 N–H and O–H groups in total. The average molecular weight is 805 g/mol. The first-order valence-corrected chi connectivity index (χ1v) is 23.4. The number of anilines is 2. The summed E-state index contributed by atoms with van der Waals surface area (Å²) in [5, 5.41) is 17.6. The molecule has 3 amide bonds. The molecular weight excluding hydrogens is 749 g/mol. The van der Waals surface area contributed by atoms with E-state index in [0.717, 1.165) is 52.7 Å². The van der Waals surface area contributed by atoms with E-state index in [2.05, 4.69) is 42.8 Å². The van der Waals surface area contributed by atoms with Gasteiger partial charge in [-0.2, -0.15) is 0 Å². The van der Waals surface area contributed by atoms with Crippen molar-refractivity contribution in [2.75, 3.05) is 50.7 Å². The molecule has 0 bridgehead atoms. The Labute approximate surface area is 342 Å². The molecule has 2 fully saturated rings. The lowest BCUT2D eigenvalue weighted by atomic mass is 9.82. The number of methoxy groups -OCH3 is 2. The van der Waals surface area contributed by atoms with Gasteiger partial charge in [-0.3, -0.25) is 14.4 Å². The minimum absolute atomic E-state index is 0.0113. The highest BCUT2D eigenvalue weighted by molar-refractivity contribution is 6.91. The molecule has 0 aliphatic carbocycles. The summed E-state index contributed by atoms with van der Waals surface area (Å²) in [6.07, 6.45) is 1.24. The highest BCUT2D eigenvalue weighted by atomic mass is 28.3. The van der Waals surface area contributed by atoms with Crippen molar-refractivity contribution in [2.24, 2.45) is 11.8 Å². The van der Waals surface area contributed by atoms with Crippen LogP contribution in [0.4, 0.5) is 11.4 Å². The van der Waals surface area contributed by atoms with Crippen LogP contribution in [0.15, 0.2) is 97.1 Å². The van der Waals surface area contributed by atoms with Gasteiger partial charge in [0.2, 0.25) is 11.8 Å². The molecule has 0 radical (unpaired) electrons. The Morgan fingerprint density at radius 3 is 2.38 bits per heavy atom. The number of hydrogen-bond donors (Lipinski definition) is 3. The number of piperidine rings is 1. The SMILES string of the molecule is COc1ccc([Si](C)(C)[C@H]2[C@H](CC(=O)N(CCO)Cc3ccccc3)O[C@@]3(C(=O)N(Cc4cccc(NC(=O)C5CCCNC5)c4)c4ccc(OC)cc43)[C@@H]2C)cc1. The second-order valence-electron chi connectivity index (χ2n) is 16.4. The first-order valence-electron chi connectivity index (χ1n) is 20.4. The van der Waals surface area contributed by atoms with Crippen LogP contribution in [-0.2, 0) is 37.8 Å². The van der Waals surface area contributed by atoms with E-state index in [1.165, 1.54) is 0 Å². The molecular formula is C46H56N4O7Si. The standard InChI is InChI=1S/C46H56N4O7Si/c1-31-43(58(4,5)38-19-16-36(55-2)17-20-38)41(27-42(52)49(23-24-51)29-32-11-7-6-8-12-32)57-46(31)39-26-37(56-3)18-21-40(39)50(45(46)54)30-33-13-9-15-35(25-33)48-44(53)34-14-10-22-47-28-34/h6-9,11-13,15-21,25-26,31,34,41,43,47,51H,10,14,22-24,27-30H2,1-5H3,(H,48,53)/t31-,34?,41+,43-,46+/m1/s1. The zero-order valence-electron chi connectivity index (χ0n) is 34.2. The van der Waals surface area contributed by atoms with Gasteiger partial charge in [0.05, 0.1) is 59.6 Å². The lowest BCUT2D eigenvalue weighted by molar-refractivity contribution is -0.150. The van der Waals surface area contributed by atoms with Crippen molar-refractivity contribution in [1.82, 2.24) is 10.2 Å². The molecule has 3 aliphatic rings. The number of aliphatic hydroxyl groups is 1. The number of fused-ring (bicyclic) bond motifs is 2. The Morgan fingerprint density at radius 2 is 1.69 bits per heavy atom. The molecule has 3 aliphatic heterocycles. The summed E-state index contributed by atoms with van der Waals surface area (Å²) in [5.74, 6) is 0.577. The molecule has 7 rings (SSSR count). The number of ether oxygens (including phenoxy) is 3. The molecule has 3 heterocycles. The number of aliphatic hydroxyl groups excluding tert-OH is 1. The molecule has 1 spiro atoms. The minimum Gasteiger partial charge on any atom is -0.497 e. The topological polar surface area (TPSA) is 130 Å². The van der Waals surface area contributed by atoms with Crippen LogP contribution >= 0.6 is 0 Å². The molecule has 0 saturated carbocycles. The van der Waals surface area contributed by atoms with Gasteiger partial charge in [-0.25, -0.2) is 0 Å². The van der Waals surface area contributed by atoms with Gasteiger partial charge in [-0.1, -0.05) is 79.8 Å². The van der Waals surface area contributed by atoms with Gasteiger partial charge in [0, 0.05) is 36.8 Å². The Morgan fingerprint density at radius 1 is 0.966 bits per heavy atom. The van der Waals surface area contributed by atoms with Gasteiger partial charge in [0.1, 0.15) is 11.5 Å². The molecule has 11 nitrogen and oxygen atoms in total. The fourth-order valence-electron chi connectivity index (χ4n) is 9.54. The van der Waals surface area contributed by atoms with Crippen molar-refractivity contribution in [3.8, 4) is 11.5 Å². The Kier molecular flexibility index (Phi) is 12.4. The van der Waals surface area contributed by atoms with E-state index >= 15 is 4.79 Å². The molecule has 1 unspecified atom stereocenters. The third-order valence-electron chi connectivity index (χ3n) is 12.6. The lowest BCUT2D eigenvalue weighted by Gasteiger charge is -2.37. The van der Waals surface area contributed by atoms with Gasteiger partial charge >= 0.3 is 0 Å². The summed E-state index contributed by atoms with van der Waals surface area (Å²) in [6, 6.07) is 31.2. The molecule has 2 saturated heterocycles. The Balaban J connectivity index is 1.25. The molecule has 306 valence electrons. The minimum atomic E-state index is -2.55. The normalized spacial score (nSPS) is 22.8. The lowest BCUT2D eigenvalue weighted by Crippen LogP contribution is -2.52. The molecule has 58 heavy (non-hydrogen) atoms. The van der Waals surface area contributed by atoms with E-state index in [-0.39, 0.29) is 61.2 Å². The molecule has 5 atom stereocenters. The molecule has 4 aromatic rings. The third-order valence-corrected chi connectivity index (χ3v) is 16.9. The summed E-state index contributed by atoms with van der Waals surface area (Å²) >= 11 is 0. The van der Waals surface area contributed by atoms with E-state index in [1.807, 2.05) is 84.9 Å². The van der Waals surface area contributed by atoms with Gasteiger partial charge in [-0.15, -0.1) is 0 Å². The second kappa shape index (κ2) is 17.5. The van der Waals surface area contributed by atoms with E-state index in [9.17, 15) is 14.7 Å². The van der Waals surface area contributed by atoms with Crippen molar-refractivity contribution in [2.45, 2.75) is 69.6 Å².